The van der Waals surface area contributed by atoms with Crippen LogP contribution >= 0.6 is 11.8 Å². The molecule has 0 spiro atoms. The van der Waals surface area contributed by atoms with Crippen molar-refractivity contribution in [1.82, 2.24) is 5.32 Å². The molecular weight excluding hydrogens is 257 g/mol. The Bertz CT molecular complexity index is 528. The Labute approximate surface area is 117 Å². The molecule has 0 fully saturated rings. The third-order valence-corrected chi connectivity index (χ3v) is 4.65. The minimum absolute atomic E-state index is 0.175. The first kappa shape index (κ1) is 12.7. The molecule has 0 radical (unpaired) electrons. The number of hydrogen-bond acceptors (Lipinski definition) is 2. The molecule has 1 heterocycles. The lowest BCUT2D eigenvalue weighted by molar-refractivity contribution is 0.624. The average Bonchev–Trinajstić information content (AvgIpc) is 2.83. The number of fused-ring (bicyclic) bond motifs is 1. The molecule has 0 aliphatic carbocycles. The standard InChI is InChI=1S/C16H16FNS/c17-14-7-5-12(6-8-14)10-18-11-15-9-13-3-1-2-4-16(13)19-15/h1-8,15,18H,9-11H2. The highest BCUT2D eigenvalue weighted by Crippen LogP contribution is 2.36. The lowest BCUT2D eigenvalue weighted by atomic mass is 10.1. The first-order valence-corrected chi connectivity index (χ1v) is 7.39. The van der Waals surface area contributed by atoms with E-state index in [4.69, 9.17) is 0 Å². The van der Waals surface area contributed by atoms with Crippen molar-refractivity contribution >= 4 is 11.8 Å². The SMILES string of the molecule is Fc1ccc(CNCC2Cc3ccccc3S2)cc1. The van der Waals surface area contributed by atoms with Crippen LogP contribution in [0.25, 0.3) is 0 Å². The zero-order valence-corrected chi connectivity index (χ0v) is 11.4. The molecule has 2 aromatic carbocycles. The van der Waals surface area contributed by atoms with Crippen LogP contribution in [0, 0.1) is 5.82 Å². The molecule has 1 unspecified atom stereocenters. The Morgan fingerprint density at radius 2 is 1.89 bits per heavy atom. The molecular formula is C16H16FNS. The van der Waals surface area contributed by atoms with Gasteiger partial charge >= 0.3 is 0 Å². The quantitative estimate of drug-likeness (QED) is 0.913. The van der Waals surface area contributed by atoms with Gasteiger partial charge in [-0.25, -0.2) is 4.39 Å². The van der Waals surface area contributed by atoms with Crippen LogP contribution in [0.1, 0.15) is 11.1 Å². The molecule has 1 aliphatic rings. The molecule has 19 heavy (non-hydrogen) atoms. The van der Waals surface area contributed by atoms with Gasteiger partial charge < -0.3 is 5.32 Å². The highest BCUT2D eigenvalue weighted by molar-refractivity contribution is 8.00. The molecule has 1 nitrogen and oxygen atoms in total. The van der Waals surface area contributed by atoms with Gasteiger partial charge in [-0.15, -0.1) is 11.8 Å². The summed E-state index contributed by atoms with van der Waals surface area (Å²) in [6.45, 7) is 1.78. The van der Waals surface area contributed by atoms with Gasteiger partial charge in [0.1, 0.15) is 5.82 Å². The number of thioether (sulfide) groups is 1. The molecule has 3 rings (SSSR count). The monoisotopic (exact) mass is 273 g/mol. The van der Waals surface area contributed by atoms with E-state index in [1.807, 2.05) is 23.9 Å². The third-order valence-electron chi connectivity index (χ3n) is 3.33. The summed E-state index contributed by atoms with van der Waals surface area (Å²) in [5, 5.41) is 4.06. The second-order valence-corrected chi connectivity index (χ2v) is 6.15. The van der Waals surface area contributed by atoms with E-state index in [-0.39, 0.29) is 5.82 Å². The van der Waals surface area contributed by atoms with Crippen LogP contribution < -0.4 is 5.32 Å². The van der Waals surface area contributed by atoms with Crippen molar-refractivity contribution < 1.29 is 4.39 Å². The van der Waals surface area contributed by atoms with E-state index in [2.05, 4.69) is 29.6 Å². The first-order chi connectivity index (χ1) is 9.31. The Balaban J connectivity index is 1.48. The van der Waals surface area contributed by atoms with E-state index in [9.17, 15) is 4.39 Å². The summed E-state index contributed by atoms with van der Waals surface area (Å²) in [4.78, 5) is 1.41. The molecule has 0 amide bonds. The zero-order valence-electron chi connectivity index (χ0n) is 10.6. The second-order valence-electron chi connectivity index (χ2n) is 4.81. The van der Waals surface area contributed by atoms with Crippen molar-refractivity contribution in [3.63, 3.8) is 0 Å². The highest BCUT2D eigenvalue weighted by Gasteiger charge is 2.20. The van der Waals surface area contributed by atoms with Gasteiger partial charge in [0.15, 0.2) is 0 Å². The fourth-order valence-corrected chi connectivity index (χ4v) is 3.63. The molecule has 0 saturated heterocycles. The highest BCUT2D eigenvalue weighted by atomic mass is 32.2. The number of benzene rings is 2. The minimum atomic E-state index is -0.175. The van der Waals surface area contributed by atoms with E-state index in [1.165, 1.54) is 22.6 Å². The molecule has 1 aliphatic heterocycles. The van der Waals surface area contributed by atoms with Crippen LogP contribution in [0.3, 0.4) is 0 Å². The van der Waals surface area contributed by atoms with Gasteiger partial charge in [-0.1, -0.05) is 30.3 Å². The minimum Gasteiger partial charge on any atom is -0.312 e. The van der Waals surface area contributed by atoms with Crippen molar-refractivity contribution in [2.45, 2.75) is 23.1 Å². The van der Waals surface area contributed by atoms with Gasteiger partial charge in [0, 0.05) is 23.2 Å². The smallest absolute Gasteiger partial charge is 0.123 e. The topological polar surface area (TPSA) is 12.0 Å². The predicted octanol–water partition coefficient (Wildman–Crippen LogP) is 3.63. The summed E-state index contributed by atoms with van der Waals surface area (Å²) in [5.74, 6) is -0.175. The van der Waals surface area contributed by atoms with Crippen LogP contribution in [-0.4, -0.2) is 11.8 Å². The summed E-state index contributed by atoms with van der Waals surface area (Å²) in [5.41, 5.74) is 2.59. The van der Waals surface area contributed by atoms with E-state index in [0.29, 0.717) is 5.25 Å². The number of halogens is 1. The van der Waals surface area contributed by atoms with Gasteiger partial charge in [0.05, 0.1) is 0 Å². The fraction of sp³-hybridized carbons (Fsp3) is 0.250. The maximum absolute atomic E-state index is 12.8. The molecule has 3 heteroatoms. The lowest BCUT2D eigenvalue weighted by Crippen LogP contribution is -2.23. The summed E-state index contributed by atoms with van der Waals surface area (Å²) >= 11 is 1.95. The van der Waals surface area contributed by atoms with E-state index < -0.39 is 0 Å². The summed E-state index contributed by atoms with van der Waals surface area (Å²) < 4.78 is 12.8. The number of nitrogens with one attached hydrogen (secondary N) is 1. The number of rotatable bonds is 4. The molecule has 1 atom stereocenters. The van der Waals surface area contributed by atoms with Crippen molar-refractivity contribution in [1.29, 1.82) is 0 Å². The van der Waals surface area contributed by atoms with Crippen LogP contribution in [0.4, 0.5) is 4.39 Å². The molecule has 0 saturated carbocycles. The molecule has 98 valence electrons. The van der Waals surface area contributed by atoms with Gasteiger partial charge in [0.25, 0.3) is 0 Å². The fourth-order valence-electron chi connectivity index (χ4n) is 2.35. The third kappa shape index (κ3) is 3.17. The Hall–Kier alpha value is -1.32. The predicted molar refractivity (Wildman–Crippen MR) is 77.9 cm³/mol. The van der Waals surface area contributed by atoms with Crippen molar-refractivity contribution in [2.24, 2.45) is 0 Å². The van der Waals surface area contributed by atoms with Gasteiger partial charge in [-0.3, -0.25) is 0 Å². The Morgan fingerprint density at radius 3 is 2.68 bits per heavy atom. The van der Waals surface area contributed by atoms with Crippen LogP contribution in [0.15, 0.2) is 53.4 Å². The molecule has 2 aromatic rings. The average molecular weight is 273 g/mol. The zero-order chi connectivity index (χ0) is 13.1. The number of hydrogen-bond donors (Lipinski definition) is 1. The second kappa shape index (κ2) is 5.76. The van der Waals surface area contributed by atoms with Crippen molar-refractivity contribution in [3.05, 3.63) is 65.5 Å². The summed E-state index contributed by atoms with van der Waals surface area (Å²) in [6.07, 6.45) is 1.14. The van der Waals surface area contributed by atoms with Crippen molar-refractivity contribution in [3.8, 4) is 0 Å². The summed E-state index contributed by atoms with van der Waals surface area (Å²) in [6, 6.07) is 15.3. The van der Waals surface area contributed by atoms with Crippen LogP contribution in [0.2, 0.25) is 0 Å². The van der Waals surface area contributed by atoms with Crippen LogP contribution in [0.5, 0.6) is 0 Å². The van der Waals surface area contributed by atoms with Crippen molar-refractivity contribution in [2.75, 3.05) is 6.54 Å². The molecule has 0 aromatic heterocycles. The summed E-state index contributed by atoms with van der Waals surface area (Å²) in [7, 11) is 0. The molecule has 0 bridgehead atoms. The van der Waals surface area contributed by atoms with E-state index in [1.54, 1.807) is 0 Å². The van der Waals surface area contributed by atoms with Gasteiger partial charge in [-0.2, -0.15) is 0 Å². The van der Waals surface area contributed by atoms with Crippen LogP contribution in [-0.2, 0) is 13.0 Å². The maximum Gasteiger partial charge on any atom is 0.123 e. The largest absolute Gasteiger partial charge is 0.312 e. The molecule has 1 N–H and O–H groups in total. The van der Waals surface area contributed by atoms with Gasteiger partial charge in [0.2, 0.25) is 0 Å². The van der Waals surface area contributed by atoms with Gasteiger partial charge in [-0.05, 0) is 35.7 Å². The normalized spacial score (nSPS) is 17.4. The lowest BCUT2D eigenvalue weighted by Gasteiger charge is -2.10. The van der Waals surface area contributed by atoms with E-state index >= 15 is 0 Å². The Morgan fingerprint density at radius 1 is 1.11 bits per heavy atom. The maximum atomic E-state index is 12.8. The first-order valence-electron chi connectivity index (χ1n) is 6.51. The Kier molecular flexibility index (Phi) is 3.85. The van der Waals surface area contributed by atoms with E-state index in [0.717, 1.165) is 25.1 Å².